The highest BCUT2D eigenvalue weighted by Gasteiger charge is 2.21. The van der Waals surface area contributed by atoms with Gasteiger partial charge in [-0.2, -0.15) is 0 Å². The van der Waals surface area contributed by atoms with Crippen molar-refractivity contribution < 1.29 is 9.18 Å². The third-order valence-electron chi connectivity index (χ3n) is 2.56. The van der Waals surface area contributed by atoms with E-state index in [0.29, 0.717) is 5.69 Å². The van der Waals surface area contributed by atoms with Gasteiger partial charge in [-0.25, -0.2) is 4.39 Å². The maximum atomic E-state index is 12.9. The van der Waals surface area contributed by atoms with Gasteiger partial charge in [-0.3, -0.25) is 4.79 Å². The van der Waals surface area contributed by atoms with E-state index >= 15 is 0 Å². The van der Waals surface area contributed by atoms with Crippen molar-refractivity contribution in [3.05, 3.63) is 29.0 Å². The highest BCUT2D eigenvalue weighted by atomic mass is 35.5. The first kappa shape index (κ1) is 11.4. The Hall–Kier alpha value is -1.13. The Labute approximate surface area is 98.0 Å². The van der Waals surface area contributed by atoms with Gasteiger partial charge in [0.05, 0.1) is 11.1 Å². The molecule has 1 aromatic carbocycles. The molecule has 1 amide bonds. The molecule has 1 aliphatic heterocycles. The van der Waals surface area contributed by atoms with Crippen LogP contribution in [0, 0.1) is 5.82 Å². The summed E-state index contributed by atoms with van der Waals surface area (Å²) in [5.41, 5.74) is 0.519. The lowest BCUT2D eigenvalue weighted by atomic mass is 10.2. The predicted octanol–water partition coefficient (Wildman–Crippen LogP) is 2.17. The largest absolute Gasteiger partial charge is 0.325 e. The summed E-state index contributed by atoms with van der Waals surface area (Å²) < 4.78 is 12.9. The number of carbonyl (C=O) groups is 1. The SMILES string of the molecule is O=C(Nc1ccc(F)c(Cl)c1)[C@@H]1CCCN1. The second kappa shape index (κ2) is 4.80. The van der Waals surface area contributed by atoms with Crippen LogP contribution in [0.4, 0.5) is 10.1 Å². The molecule has 0 radical (unpaired) electrons. The number of rotatable bonds is 2. The standard InChI is InChI=1S/C11H12ClFN2O/c12-8-6-7(3-4-9(8)13)15-11(16)10-2-1-5-14-10/h3-4,6,10,14H,1-2,5H2,(H,15,16)/t10-/m0/s1. The van der Waals surface area contributed by atoms with Crippen LogP contribution in [0.25, 0.3) is 0 Å². The Balaban J connectivity index is 2.02. The van der Waals surface area contributed by atoms with Crippen molar-refractivity contribution in [2.45, 2.75) is 18.9 Å². The molecule has 2 rings (SSSR count). The monoisotopic (exact) mass is 242 g/mol. The number of hydrogen-bond donors (Lipinski definition) is 2. The summed E-state index contributed by atoms with van der Waals surface area (Å²) in [6, 6.07) is 3.99. The van der Waals surface area contributed by atoms with Gasteiger partial charge in [0.1, 0.15) is 5.82 Å². The minimum Gasteiger partial charge on any atom is -0.325 e. The fourth-order valence-electron chi connectivity index (χ4n) is 1.71. The maximum Gasteiger partial charge on any atom is 0.241 e. The van der Waals surface area contributed by atoms with E-state index in [1.54, 1.807) is 0 Å². The lowest BCUT2D eigenvalue weighted by Crippen LogP contribution is -2.35. The molecule has 1 aromatic rings. The van der Waals surface area contributed by atoms with E-state index in [4.69, 9.17) is 11.6 Å². The molecule has 16 heavy (non-hydrogen) atoms. The van der Waals surface area contributed by atoms with Crippen LogP contribution < -0.4 is 10.6 Å². The summed E-state index contributed by atoms with van der Waals surface area (Å²) in [6.45, 7) is 0.863. The van der Waals surface area contributed by atoms with Crippen molar-refractivity contribution in [3.63, 3.8) is 0 Å². The van der Waals surface area contributed by atoms with E-state index in [9.17, 15) is 9.18 Å². The molecule has 5 heteroatoms. The molecule has 0 spiro atoms. The lowest BCUT2D eigenvalue weighted by molar-refractivity contribution is -0.117. The molecule has 1 saturated heterocycles. The average molecular weight is 243 g/mol. The highest BCUT2D eigenvalue weighted by molar-refractivity contribution is 6.31. The average Bonchev–Trinajstić information content (AvgIpc) is 2.77. The molecule has 1 fully saturated rings. The Bertz CT molecular complexity index is 405. The van der Waals surface area contributed by atoms with E-state index in [1.165, 1.54) is 18.2 Å². The van der Waals surface area contributed by atoms with Crippen LogP contribution in [0.2, 0.25) is 5.02 Å². The second-order valence-electron chi connectivity index (χ2n) is 3.77. The first-order valence-corrected chi connectivity index (χ1v) is 5.54. The molecule has 1 heterocycles. The molecule has 0 aliphatic carbocycles. The van der Waals surface area contributed by atoms with Crippen LogP contribution in [0.1, 0.15) is 12.8 Å². The summed E-state index contributed by atoms with van der Waals surface area (Å²) in [6.07, 6.45) is 1.84. The van der Waals surface area contributed by atoms with Gasteiger partial charge in [-0.05, 0) is 37.6 Å². The van der Waals surface area contributed by atoms with Crippen LogP contribution in [-0.2, 0) is 4.79 Å². The van der Waals surface area contributed by atoms with Crippen LogP contribution in [0.15, 0.2) is 18.2 Å². The predicted molar refractivity (Wildman–Crippen MR) is 61.1 cm³/mol. The van der Waals surface area contributed by atoms with Gasteiger partial charge < -0.3 is 10.6 Å². The number of benzene rings is 1. The van der Waals surface area contributed by atoms with Gasteiger partial charge in [0.15, 0.2) is 0 Å². The Morgan fingerprint density at radius 1 is 1.56 bits per heavy atom. The molecule has 0 unspecified atom stereocenters. The molecular weight excluding hydrogens is 231 g/mol. The zero-order valence-corrected chi connectivity index (χ0v) is 9.35. The van der Waals surface area contributed by atoms with Crippen molar-refractivity contribution in [2.24, 2.45) is 0 Å². The zero-order valence-electron chi connectivity index (χ0n) is 8.59. The number of nitrogens with one attached hydrogen (secondary N) is 2. The lowest BCUT2D eigenvalue weighted by Gasteiger charge is -2.11. The second-order valence-corrected chi connectivity index (χ2v) is 4.17. The molecule has 3 nitrogen and oxygen atoms in total. The summed E-state index contributed by atoms with van der Waals surface area (Å²) in [7, 11) is 0. The van der Waals surface area contributed by atoms with E-state index in [0.717, 1.165) is 19.4 Å². The van der Waals surface area contributed by atoms with Gasteiger partial charge >= 0.3 is 0 Å². The van der Waals surface area contributed by atoms with Gasteiger partial charge in [-0.1, -0.05) is 11.6 Å². The molecule has 1 aliphatic rings. The summed E-state index contributed by atoms with van der Waals surface area (Å²) in [4.78, 5) is 11.7. The maximum absolute atomic E-state index is 12.9. The fourth-order valence-corrected chi connectivity index (χ4v) is 1.89. The molecule has 0 aromatic heterocycles. The first-order valence-electron chi connectivity index (χ1n) is 5.16. The molecular formula is C11H12ClFN2O. The van der Waals surface area contributed by atoms with Gasteiger partial charge in [0.2, 0.25) is 5.91 Å². The quantitative estimate of drug-likeness (QED) is 0.835. The van der Waals surface area contributed by atoms with Crippen LogP contribution in [0.5, 0.6) is 0 Å². The number of anilines is 1. The summed E-state index contributed by atoms with van der Waals surface area (Å²) >= 11 is 5.62. The molecule has 86 valence electrons. The number of halogens is 2. The van der Waals surface area contributed by atoms with Crippen molar-refractivity contribution in [3.8, 4) is 0 Å². The van der Waals surface area contributed by atoms with Crippen molar-refractivity contribution in [1.82, 2.24) is 5.32 Å². The van der Waals surface area contributed by atoms with Gasteiger partial charge in [0, 0.05) is 5.69 Å². The van der Waals surface area contributed by atoms with Crippen molar-refractivity contribution >= 4 is 23.2 Å². The van der Waals surface area contributed by atoms with Crippen LogP contribution >= 0.6 is 11.6 Å². The topological polar surface area (TPSA) is 41.1 Å². The normalized spacial score (nSPS) is 19.8. The van der Waals surface area contributed by atoms with E-state index in [2.05, 4.69) is 10.6 Å². The van der Waals surface area contributed by atoms with Crippen molar-refractivity contribution in [1.29, 1.82) is 0 Å². The first-order chi connectivity index (χ1) is 7.66. The minimum atomic E-state index is -0.487. The molecule has 0 bridgehead atoms. The van der Waals surface area contributed by atoms with Crippen LogP contribution in [0.3, 0.4) is 0 Å². The Morgan fingerprint density at radius 2 is 2.38 bits per heavy atom. The Morgan fingerprint density at radius 3 is 3.00 bits per heavy atom. The Kier molecular flexibility index (Phi) is 3.41. The van der Waals surface area contributed by atoms with Crippen molar-refractivity contribution in [2.75, 3.05) is 11.9 Å². The summed E-state index contributed by atoms with van der Waals surface area (Å²) in [5, 5.41) is 5.79. The smallest absolute Gasteiger partial charge is 0.241 e. The third kappa shape index (κ3) is 2.51. The molecule has 0 saturated carbocycles. The van der Waals surface area contributed by atoms with Gasteiger partial charge in [-0.15, -0.1) is 0 Å². The zero-order chi connectivity index (χ0) is 11.5. The highest BCUT2D eigenvalue weighted by Crippen LogP contribution is 2.19. The fraction of sp³-hybridized carbons (Fsp3) is 0.364. The number of amides is 1. The van der Waals surface area contributed by atoms with Crippen LogP contribution in [-0.4, -0.2) is 18.5 Å². The van der Waals surface area contributed by atoms with E-state index in [1.807, 2.05) is 0 Å². The summed E-state index contributed by atoms with van der Waals surface area (Å²) in [5.74, 6) is -0.584. The third-order valence-corrected chi connectivity index (χ3v) is 2.85. The minimum absolute atomic E-state index is 0.0113. The molecule has 2 N–H and O–H groups in total. The molecule has 1 atom stereocenters. The van der Waals surface area contributed by atoms with E-state index in [-0.39, 0.29) is 17.0 Å². The number of hydrogen-bond acceptors (Lipinski definition) is 2. The van der Waals surface area contributed by atoms with Gasteiger partial charge in [0.25, 0.3) is 0 Å². The van der Waals surface area contributed by atoms with E-state index < -0.39 is 5.82 Å². The number of carbonyl (C=O) groups excluding carboxylic acids is 1.